The normalized spacial score (nSPS) is 16.5. The van der Waals surface area contributed by atoms with Crippen molar-refractivity contribution >= 4 is 44.5 Å². The highest BCUT2D eigenvalue weighted by Crippen LogP contribution is 2.16. The lowest BCUT2D eigenvalue weighted by Crippen LogP contribution is -2.48. The Bertz CT molecular complexity index is 248. The maximum atomic E-state index is 6.14. The van der Waals surface area contributed by atoms with E-state index in [1.807, 2.05) is 0 Å². The molecule has 0 N–H and O–H groups in total. The molecule has 0 fully saturated rings. The molecule has 0 aromatic carbocycles. The van der Waals surface area contributed by atoms with Gasteiger partial charge in [-0.1, -0.05) is 0 Å². The highest BCUT2D eigenvalue weighted by atomic mass is 28.5. The van der Waals surface area contributed by atoms with Crippen molar-refractivity contribution < 1.29 is 16.5 Å². The third-order valence-corrected chi connectivity index (χ3v) is 16.2. The van der Waals surface area contributed by atoms with Crippen LogP contribution in [0.5, 0.6) is 0 Å². The van der Waals surface area contributed by atoms with E-state index in [2.05, 4.69) is 58.9 Å². The molecule has 0 aliphatic carbocycles. The summed E-state index contributed by atoms with van der Waals surface area (Å²) in [5.41, 5.74) is 0. The maximum absolute atomic E-state index is 6.14. The van der Waals surface area contributed by atoms with Crippen LogP contribution in [-0.2, 0) is 16.5 Å². The minimum Gasteiger partial charge on any atom is -0.441 e. The van der Waals surface area contributed by atoms with Gasteiger partial charge in [0.05, 0.1) is 0 Å². The SMILES string of the molecule is C[SiH](O[SiH2]O[Si](C)(C)C)O[Si](C)(C)O[Si](C)(C)C. The molecule has 0 radical (unpaired) electrons. The van der Waals surface area contributed by atoms with Crippen molar-refractivity contribution in [2.75, 3.05) is 0 Å². The Kier molecular flexibility index (Phi) is 7.45. The summed E-state index contributed by atoms with van der Waals surface area (Å²) in [6.45, 7) is 19.4. The predicted octanol–water partition coefficient (Wildman–Crippen LogP) is 2.27. The number of hydrogen-bond donors (Lipinski definition) is 0. The summed E-state index contributed by atoms with van der Waals surface area (Å²) >= 11 is 0. The van der Waals surface area contributed by atoms with Crippen LogP contribution in [0.3, 0.4) is 0 Å². The Labute approximate surface area is 120 Å². The van der Waals surface area contributed by atoms with Crippen molar-refractivity contribution in [1.82, 2.24) is 0 Å². The van der Waals surface area contributed by atoms with Gasteiger partial charge in [-0.25, -0.2) is 0 Å². The van der Waals surface area contributed by atoms with Crippen molar-refractivity contribution in [3.05, 3.63) is 0 Å². The first kappa shape index (κ1) is 18.9. The van der Waals surface area contributed by atoms with Crippen molar-refractivity contribution in [3.8, 4) is 0 Å². The molecule has 0 spiro atoms. The van der Waals surface area contributed by atoms with Gasteiger partial charge in [-0.2, -0.15) is 0 Å². The van der Waals surface area contributed by atoms with Gasteiger partial charge in [0.2, 0.25) is 0 Å². The fourth-order valence-corrected chi connectivity index (χ4v) is 15.2. The molecule has 0 amide bonds. The lowest BCUT2D eigenvalue weighted by atomic mass is 11.8. The molecule has 0 bridgehead atoms. The molecule has 0 aliphatic heterocycles. The van der Waals surface area contributed by atoms with Crippen LogP contribution in [0.4, 0.5) is 0 Å². The van der Waals surface area contributed by atoms with Crippen LogP contribution < -0.4 is 0 Å². The monoisotopic (exact) mass is 342 g/mol. The Morgan fingerprint density at radius 2 is 1.33 bits per heavy atom. The first-order valence-corrected chi connectivity index (χ1v) is 19.3. The molecule has 0 heterocycles. The molecule has 1 unspecified atom stereocenters. The van der Waals surface area contributed by atoms with E-state index in [4.69, 9.17) is 16.5 Å². The molecule has 1 atom stereocenters. The summed E-state index contributed by atoms with van der Waals surface area (Å²) in [4.78, 5) is 0. The summed E-state index contributed by atoms with van der Waals surface area (Å²) in [5, 5.41) is 0. The molecule has 110 valence electrons. The van der Waals surface area contributed by atoms with Crippen molar-refractivity contribution in [2.45, 2.75) is 58.9 Å². The van der Waals surface area contributed by atoms with Gasteiger partial charge >= 0.3 is 8.56 Å². The molecule has 0 aromatic heterocycles. The lowest BCUT2D eigenvalue weighted by molar-refractivity contribution is 0.342. The summed E-state index contributed by atoms with van der Waals surface area (Å²) in [5.74, 6) is 0. The van der Waals surface area contributed by atoms with Crippen LogP contribution in [0.1, 0.15) is 0 Å². The summed E-state index contributed by atoms with van der Waals surface area (Å²) in [7, 11) is -7.44. The van der Waals surface area contributed by atoms with Gasteiger partial charge in [0.25, 0.3) is 19.3 Å². The van der Waals surface area contributed by atoms with Gasteiger partial charge in [0.15, 0.2) is 16.6 Å². The molecule has 9 heteroatoms. The first-order valence-electron chi connectivity index (χ1n) is 6.44. The first-order chi connectivity index (χ1) is 7.81. The van der Waals surface area contributed by atoms with E-state index in [1.54, 1.807) is 0 Å². The van der Waals surface area contributed by atoms with Crippen LogP contribution in [0, 0.1) is 0 Å². The Balaban J connectivity index is 4.03. The summed E-state index contributed by atoms with van der Waals surface area (Å²) in [6.07, 6.45) is 0. The zero-order valence-electron chi connectivity index (χ0n) is 13.4. The van der Waals surface area contributed by atoms with Crippen molar-refractivity contribution in [2.24, 2.45) is 0 Å². The molecule has 0 rings (SSSR count). The largest absolute Gasteiger partial charge is 0.441 e. The molecular weight excluding hydrogens is 313 g/mol. The van der Waals surface area contributed by atoms with E-state index >= 15 is 0 Å². The van der Waals surface area contributed by atoms with Gasteiger partial charge < -0.3 is 16.5 Å². The lowest BCUT2D eigenvalue weighted by Gasteiger charge is -2.33. The average Bonchev–Trinajstić information content (AvgIpc) is 1.93. The molecule has 0 aromatic rings. The second-order valence-corrected chi connectivity index (χ2v) is 23.7. The molecule has 0 saturated heterocycles. The third kappa shape index (κ3) is 12.0. The van der Waals surface area contributed by atoms with Crippen LogP contribution in [0.2, 0.25) is 58.9 Å². The predicted molar refractivity (Wildman–Crippen MR) is 90.1 cm³/mol. The van der Waals surface area contributed by atoms with E-state index in [0.29, 0.717) is 0 Å². The zero-order chi connectivity index (χ0) is 14.6. The second-order valence-electron chi connectivity index (χ2n) is 6.84. The fraction of sp³-hybridized carbons (Fsp3) is 1.00. The Morgan fingerprint density at radius 1 is 0.833 bits per heavy atom. The van der Waals surface area contributed by atoms with E-state index in [9.17, 15) is 0 Å². The van der Waals surface area contributed by atoms with Crippen LogP contribution in [0.25, 0.3) is 0 Å². The smallest absolute Gasteiger partial charge is 0.312 e. The number of rotatable bonds is 8. The quantitative estimate of drug-likeness (QED) is 0.634. The molecule has 4 nitrogen and oxygen atoms in total. The van der Waals surface area contributed by atoms with Crippen molar-refractivity contribution in [1.29, 1.82) is 0 Å². The highest BCUT2D eigenvalue weighted by Gasteiger charge is 2.33. The van der Waals surface area contributed by atoms with Crippen LogP contribution >= 0.6 is 0 Å². The fourth-order valence-electron chi connectivity index (χ4n) is 1.50. The highest BCUT2D eigenvalue weighted by molar-refractivity contribution is 6.83. The Morgan fingerprint density at radius 3 is 1.72 bits per heavy atom. The van der Waals surface area contributed by atoms with Gasteiger partial charge in [-0.3, -0.25) is 0 Å². The minimum absolute atomic E-state index is 0.875. The molecule has 18 heavy (non-hydrogen) atoms. The zero-order valence-corrected chi connectivity index (χ0v) is 19.0. The number of hydrogen-bond acceptors (Lipinski definition) is 4. The minimum atomic E-state index is -2.02. The van der Waals surface area contributed by atoms with Crippen LogP contribution in [-0.4, -0.2) is 44.5 Å². The van der Waals surface area contributed by atoms with E-state index in [1.165, 1.54) is 0 Å². The molecule has 0 saturated carbocycles. The van der Waals surface area contributed by atoms with Crippen molar-refractivity contribution in [3.63, 3.8) is 0 Å². The summed E-state index contributed by atoms with van der Waals surface area (Å²) in [6, 6.07) is 0. The van der Waals surface area contributed by atoms with E-state index < -0.39 is 44.5 Å². The van der Waals surface area contributed by atoms with E-state index in [-0.39, 0.29) is 0 Å². The third-order valence-electron chi connectivity index (χ3n) is 1.80. The average molecular weight is 343 g/mol. The molecule has 0 aliphatic rings. The van der Waals surface area contributed by atoms with Crippen LogP contribution in [0.15, 0.2) is 0 Å². The second kappa shape index (κ2) is 7.08. The topological polar surface area (TPSA) is 36.9 Å². The van der Waals surface area contributed by atoms with Gasteiger partial charge in [-0.15, -0.1) is 0 Å². The van der Waals surface area contributed by atoms with Gasteiger partial charge in [0, 0.05) is 0 Å². The summed E-state index contributed by atoms with van der Waals surface area (Å²) < 4.78 is 23.8. The van der Waals surface area contributed by atoms with Gasteiger partial charge in [-0.05, 0) is 58.9 Å². The molecular formula is C9H30O4Si5. The maximum Gasteiger partial charge on any atom is 0.312 e. The van der Waals surface area contributed by atoms with Gasteiger partial charge in [0.1, 0.15) is 0 Å². The van der Waals surface area contributed by atoms with E-state index in [0.717, 1.165) is 0 Å². The Hall–Kier alpha value is 0.924. The standard InChI is InChI=1S/C9H30O4Si5/c1-15(10-14-11-16(2,3)4)12-18(8,9)13-17(5,6)7/h15H,14H2,1-9H3.